The highest BCUT2D eigenvalue weighted by Crippen LogP contribution is 2.18. The molecule has 1 unspecified atom stereocenters. The number of aromatic nitrogens is 1. The van der Waals surface area contributed by atoms with Gasteiger partial charge in [0, 0.05) is 40.1 Å². The molecule has 0 radical (unpaired) electrons. The lowest BCUT2D eigenvalue weighted by Gasteiger charge is -2.24. The van der Waals surface area contributed by atoms with Crippen molar-refractivity contribution in [2.75, 3.05) is 45.4 Å². The molecule has 0 aliphatic heterocycles. The fourth-order valence-electron chi connectivity index (χ4n) is 1.81. The highest BCUT2D eigenvalue weighted by atomic mass is 16.5. The minimum Gasteiger partial charge on any atom is -0.389 e. The van der Waals surface area contributed by atoms with Crippen molar-refractivity contribution in [3.05, 3.63) is 23.9 Å². The summed E-state index contributed by atoms with van der Waals surface area (Å²) in [5.74, 6) is 0.867. The Labute approximate surface area is 115 Å². The molecule has 0 aliphatic rings. The topological polar surface area (TPSA) is 54.8 Å². The van der Waals surface area contributed by atoms with Crippen LogP contribution in [-0.2, 0) is 9.47 Å². The molecule has 1 atom stereocenters. The summed E-state index contributed by atoms with van der Waals surface area (Å²) in [6.07, 6.45) is 2.18. The van der Waals surface area contributed by atoms with Crippen LogP contribution in [0.3, 0.4) is 0 Å². The molecule has 0 saturated carbocycles. The smallest absolute Gasteiger partial charge is 0.128 e. The van der Waals surface area contributed by atoms with Gasteiger partial charge in [0.2, 0.25) is 0 Å². The summed E-state index contributed by atoms with van der Waals surface area (Å²) in [7, 11) is 3.39. The molecule has 1 aromatic rings. The number of hydrogen-bond acceptors (Lipinski definition) is 5. The van der Waals surface area contributed by atoms with E-state index in [1.807, 2.05) is 12.1 Å². The zero-order chi connectivity index (χ0) is 14.1. The molecule has 0 aliphatic carbocycles. The summed E-state index contributed by atoms with van der Waals surface area (Å²) < 4.78 is 10.2. The van der Waals surface area contributed by atoms with Crippen LogP contribution in [0.25, 0.3) is 0 Å². The Bertz CT molecular complexity index is 358. The molecule has 0 bridgehead atoms. The molecule has 5 nitrogen and oxygen atoms in total. The first kappa shape index (κ1) is 15.9. The zero-order valence-electron chi connectivity index (χ0n) is 12.0. The van der Waals surface area contributed by atoms with E-state index in [-0.39, 0.29) is 0 Å². The van der Waals surface area contributed by atoms with Crippen LogP contribution in [-0.4, -0.2) is 50.6 Å². The Hall–Kier alpha value is -1.17. The molecule has 19 heavy (non-hydrogen) atoms. The minimum atomic E-state index is -0.481. The first-order valence-electron chi connectivity index (χ1n) is 6.56. The first-order chi connectivity index (χ1) is 9.19. The van der Waals surface area contributed by atoms with Gasteiger partial charge in [-0.2, -0.15) is 0 Å². The van der Waals surface area contributed by atoms with Crippen LogP contribution in [0.5, 0.6) is 0 Å². The summed E-state index contributed by atoms with van der Waals surface area (Å²) in [6.45, 7) is 4.75. The van der Waals surface area contributed by atoms with E-state index in [1.165, 1.54) is 0 Å². The second kappa shape index (κ2) is 8.85. The summed E-state index contributed by atoms with van der Waals surface area (Å²) in [6, 6.07) is 3.75. The first-order valence-corrected chi connectivity index (χ1v) is 6.56. The number of hydrogen-bond donors (Lipinski definition) is 1. The summed E-state index contributed by atoms with van der Waals surface area (Å²) >= 11 is 0. The number of pyridine rings is 1. The van der Waals surface area contributed by atoms with Crippen molar-refractivity contribution in [2.45, 2.75) is 19.4 Å². The second-order valence-electron chi connectivity index (χ2n) is 4.45. The molecule has 1 N–H and O–H groups in total. The van der Waals surface area contributed by atoms with Gasteiger partial charge in [0.25, 0.3) is 0 Å². The highest BCUT2D eigenvalue weighted by molar-refractivity contribution is 5.41. The molecule has 0 amide bonds. The molecule has 1 aromatic heterocycles. The van der Waals surface area contributed by atoms with E-state index in [9.17, 15) is 5.11 Å². The van der Waals surface area contributed by atoms with Crippen LogP contribution in [0.4, 0.5) is 5.82 Å². The number of nitrogens with zero attached hydrogens (tertiary/aromatic N) is 2. The van der Waals surface area contributed by atoms with Crippen LogP contribution >= 0.6 is 0 Å². The van der Waals surface area contributed by atoms with Gasteiger partial charge < -0.3 is 19.5 Å². The number of methoxy groups -OCH3 is 2. The fraction of sp³-hybridized carbons (Fsp3) is 0.643. The molecule has 0 fully saturated rings. The third-order valence-corrected chi connectivity index (χ3v) is 2.92. The second-order valence-corrected chi connectivity index (χ2v) is 4.45. The lowest BCUT2D eigenvalue weighted by Crippen LogP contribution is -2.29. The van der Waals surface area contributed by atoms with Crippen LogP contribution in [0.1, 0.15) is 25.0 Å². The van der Waals surface area contributed by atoms with E-state index < -0.39 is 6.10 Å². The Morgan fingerprint density at radius 1 is 1.26 bits per heavy atom. The van der Waals surface area contributed by atoms with Gasteiger partial charge in [-0.05, 0) is 31.0 Å². The van der Waals surface area contributed by atoms with E-state index in [4.69, 9.17) is 9.47 Å². The van der Waals surface area contributed by atoms with Crippen molar-refractivity contribution in [2.24, 2.45) is 0 Å². The molecular weight excluding hydrogens is 244 g/mol. The normalized spacial score (nSPS) is 12.4. The predicted molar refractivity (Wildman–Crippen MR) is 75.5 cm³/mol. The average Bonchev–Trinajstić information content (AvgIpc) is 2.43. The highest BCUT2D eigenvalue weighted by Gasteiger charge is 2.10. The summed E-state index contributed by atoms with van der Waals surface area (Å²) in [4.78, 5) is 6.52. The molecule has 1 heterocycles. The zero-order valence-corrected chi connectivity index (χ0v) is 12.0. The van der Waals surface area contributed by atoms with Gasteiger partial charge in [-0.3, -0.25) is 0 Å². The maximum atomic E-state index is 9.63. The number of rotatable bonds is 9. The third-order valence-electron chi connectivity index (χ3n) is 2.92. The number of aliphatic hydroxyl groups is 1. The quantitative estimate of drug-likeness (QED) is 0.690. The van der Waals surface area contributed by atoms with Crippen molar-refractivity contribution in [3.8, 4) is 0 Å². The lowest BCUT2D eigenvalue weighted by atomic mass is 10.1. The largest absolute Gasteiger partial charge is 0.389 e. The van der Waals surface area contributed by atoms with Crippen molar-refractivity contribution in [1.82, 2.24) is 4.98 Å². The average molecular weight is 268 g/mol. The lowest BCUT2D eigenvalue weighted by molar-refractivity contribution is 0.190. The summed E-state index contributed by atoms with van der Waals surface area (Å²) in [5.41, 5.74) is 0.874. The van der Waals surface area contributed by atoms with Crippen LogP contribution in [0.2, 0.25) is 0 Å². The Kier molecular flexibility index (Phi) is 7.40. The van der Waals surface area contributed by atoms with Crippen molar-refractivity contribution < 1.29 is 14.6 Å². The van der Waals surface area contributed by atoms with Crippen LogP contribution in [0, 0.1) is 0 Å². The third kappa shape index (κ3) is 5.55. The summed E-state index contributed by atoms with van der Waals surface area (Å²) in [5, 5.41) is 9.63. The van der Waals surface area contributed by atoms with Gasteiger partial charge in [0.05, 0.1) is 12.7 Å². The molecule has 1 rings (SSSR count). The monoisotopic (exact) mass is 268 g/mol. The maximum Gasteiger partial charge on any atom is 0.128 e. The van der Waals surface area contributed by atoms with Crippen molar-refractivity contribution in [3.63, 3.8) is 0 Å². The Balaban J connectivity index is 2.74. The van der Waals surface area contributed by atoms with E-state index in [0.29, 0.717) is 6.61 Å². The number of ether oxygens (including phenoxy) is 2. The standard InChI is InChI=1S/C14H24N2O3/c1-12(17)13-5-6-15-14(11-13)16(8-10-19-3)7-4-9-18-2/h5-6,11-12,17H,4,7-10H2,1-3H3. The molecule has 0 saturated heterocycles. The number of aliphatic hydroxyl groups excluding tert-OH is 1. The van der Waals surface area contributed by atoms with Crippen LogP contribution in [0.15, 0.2) is 18.3 Å². The van der Waals surface area contributed by atoms with E-state index >= 15 is 0 Å². The van der Waals surface area contributed by atoms with Gasteiger partial charge in [-0.1, -0.05) is 0 Å². The van der Waals surface area contributed by atoms with Crippen LogP contribution < -0.4 is 4.90 Å². The molecule has 0 aromatic carbocycles. The van der Waals surface area contributed by atoms with Gasteiger partial charge in [0.15, 0.2) is 0 Å². The Morgan fingerprint density at radius 3 is 2.63 bits per heavy atom. The molecular formula is C14H24N2O3. The predicted octanol–water partition coefficient (Wildman–Crippen LogP) is 1.62. The van der Waals surface area contributed by atoms with Gasteiger partial charge >= 0.3 is 0 Å². The van der Waals surface area contributed by atoms with E-state index in [0.717, 1.165) is 37.5 Å². The van der Waals surface area contributed by atoms with Gasteiger partial charge in [0.1, 0.15) is 5.82 Å². The van der Waals surface area contributed by atoms with Crippen molar-refractivity contribution >= 4 is 5.82 Å². The molecule has 5 heteroatoms. The van der Waals surface area contributed by atoms with Crippen molar-refractivity contribution in [1.29, 1.82) is 0 Å². The molecule has 108 valence electrons. The number of anilines is 1. The van der Waals surface area contributed by atoms with E-state index in [2.05, 4.69) is 9.88 Å². The Morgan fingerprint density at radius 2 is 2.00 bits per heavy atom. The van der Waals surface area contributed by atoms with E-state index in [1.54, 1.807) is 27.3 Å². The van der Waals surface area contributed by atoms with Gasteiger partial charge in [-0.15, -0.1) is 0 Å². The van der Waals surface area contributed by atoms with Gasteiger partial charge in [-0.25, -0.2) is 4.98 Å². The maximum absolute atomic E-state index is 9.63. The molecule has 0 spiro atoms. The SMILES string of the molecule is COCCCN(CCOC)c1cc(C(C)O)ccn1. The minimum absolute atomic E-state index is 0.481. The fourth-order valence-corrected chi connectivity index (χ4v) is 1.81.